The van der Waals surface area contributed by atoms with E-state index in [9.17, 15) is 10.1 Å². The summed E-state index contributed by atoms with van der Waals surface area (Å²) in [7, 11) is 0. The van der Waals surface area contributed by atoms with Crippen LogP contribution < -0.4 is 10.2 Å². The molecule has 1 saturated heterocycles. The van der Waals surface area contributed by atoms with Crippen molar-refractivity contribution < 1.29 is 9.53 Å². The van der Waals surface area contributed by atoms with Crippen molar-refractivity contribution in [3.8, 4) is 6.07 Å². The standard InChI is InChI=1S/C23H24N6O2/c1-16-6-7-17(8-9-26-16)15-31-23(30)18(14-24)21-22(29-12-10-25-11-13-29)28-20-5-3-2-4-19(20)27-21/h2-9,16,18,25H,10-13,15H2,1H3/t16-,18?/m0/s1. The second-order valence-electron chi connectivity index (χ2n) is 7.47. The van der Waals surface area contributed by atoms with Crippen molar-refractivity contribution in [1.82, 2.24) is 15.3 Å². The van der Waals surface area contributed by atoms with E-state index in [4.69, 9.17) is 9.72 Å². The van der Waals surface area contributed by atoms with E-state index in [1.54, 1.807) is 12.3 Å². The number of anilines is 1. The number of piperazine rings is 1. The molecular formula is C23H24N6O2. The van der Waals surface area contributed by atoms with Crippen molar-refractivity contribution in [2.45, 2.75) is 18.9 Å². The first kappa shape index (κ1) is 20.7. The molecule has 0 bridgehead atoms. The van der Waals surface area contributed by atoms with E-state index in [2.05, 4.69) is 26.3 Å². The molecule has 158 valence electrons. The van der Waals surface area contributed by atoms with Gasteiger partial charge in [0.1, 0.15) is 12.3 Å². The van der Waals surface area contributed by atoms with Gasteiger partial charge in [0.2, 0.25) is 0 Å². The van der Waals surface area contributed by atoms with E-state index in [-0.39, 0.29) is 12.6 Å². The van der Waals surface area contributed by atoms with Gasteiger partial charge in [-0.05, 0) is 30.7 Å². The monoisotopic (exact) mass is 416 g/mol. The molecule has 0 saturated carbocycles. The highest BCUT2D eigenvalue weighted by Gasteiger charge is 2.30. The molecule has 8 nitrogen and oxygen atoms in total. The van der Waals surface area contributed by atoms with Crippen LogP contribution in [-0.4, -0.2) is 61.0 Å². The average Bonchev–Trinajstić information content (AvgIpc) is 3.02. The molecular weight excluding hydrogens is 392 g/mol. The summed E-state index contributed by atoms with van der Waals surface area (Å²) in [5.74, 6) is -1.23. The number of ether oxygens (including phenoxy) is 1. The number of fused-ring (bicyclic) bond motifs is 1. The Labute approximate surface area is 181 Å². The zero-order chi connectivity index (χ0) is 21.6. The van der Waals surface area contributed by atoms with Crippen LogP contribution in [0.1, 0.15) is 18.5 Å². The molecule has 0 amide bonds. The van der Waals surface area contributed by atoms with Crippen LogP contribution in [-0.2, 0) is 9.53 Å². The lowest BCUT2D eigenvalue weighted by Crippen LogP contribution is -2.44. The molecule has 1 fully saturated rings. The summed E-state index contributed by atoms with van der Waals surface area (Å²) in [5.41, 5.74) is 2.52. The number of allylic oxidation sites excluding steroid dienone is 1. The van der Waals surface area contributed by atoms with E-state index in [0.29, 0.717) is 17.0 Å². The molecule has 0 radical (unpaired) electrons. The molecule has 0 aliphatic carbocycles. The van der Waals surface area contributed by atoms with Crippen molar-refractivity contribution in [2.75, 3.05) is 37.7 Å². The highest BCUT2D eigenvalue weighted by Crippen LogP contribution is 2.28. The van der Waals surface area contributed by atoms with E-state index in [0.717, 1.165) is 37.3 Å². The molecule has 31 heavy (non-hydrogen) atoms. The zero-order valence-electron chi connectivity index (χ0n) is 17.4. The molecule has 1 N–H and O–H groups in total. The third kappa shape index (κ3) is 4.78. The Morgan fingerprint density at radius 2 is 2.03 bits per heavy atom. The fourth-order valence-electron chi connectivity index (χ4n) is 3.51. The number of para-hydroxylation sites is 2. The SMILES string of the molecule is C[C@H]1C=CC(COC(=O)C(C#N)c2nc3ccccc3nc2N2CCNCC2)=CC=N1. The molecule has 0 spiro atoms. The molecule has 1 aromatic carbocycles. The van der Waals surface area contributed by atoms with Gasteiger partial charge in [-0.15, -0.1) is 0 Å². The minimum Gasteiger partial charge on any atom is -0.460 e. The number of carbonyl (C=O) groups excluding carboxylic acids is 1. The third-order valence-corrected chi connectivity index (χ3v) is 5.21. The predicted molar refractivity (Wildman–Crippen MR) is 119 cm³/mol. The first-order chi connectivity index (χ1) is 15.2. The smallest absolute Gasteiger partial charge is 0.330 e. The molecule has 3 heterocycles. The number of hydrogen-bond donors (Lipinski definition) is 1. The fourth-order valence-corrected chi connectivity index (χ4v) is 3.51. The number of nitrogens with one attached hydrogen (secondary N) is 1. The molecule has 2 aromatic rings. The number of rotatable bonds is 5. The van der Waals surface area contributed by atoms with Crippen LogP contribution in [0.25, 0.3) is 11.0 Å². The number of benzene rings is 1. The molecule has 2 aliphatic heterocycles. The Morgan fingerprint density at radius 3 is 2.77 bits per heavy atom. The molecule has 1 aromatic heterocycles. The molecule has 8 heteroatoms. The first-order valence-electron chi connectivity index (χ1n) is 10.3. The van der Waals surface area contributed by atoms with Gasteiger partial charge in [0.25, 0.3) is 0 Å². The second kappa shape index (κ2) is 9.49. The summed E-state index contributed by atoms with van der Waals surface area (Å²) in [6, 6.07) is 9.62. The summed E-state index contributed by atoms with van der Waals surface area (Å²) in [4.78, 5) is 28.7. The number of aliphatic imine (C=N–C) groups is 1. The van der Waals surface area contributed by atoms with Crippen LogP contribution in [0.5, 0.6) is 0 Å². The normalized spacial score (nSPS) is 19.4. The Kier molecular flexibility index (Phi) is 6.34. The van der Waals surface area contributed by atoms with Gasteiger partial charge in [0.15, 0.2) is 11.7 Å². The van der Waals surface area contributed by atoms with Gasteiger partial charge in [-0.2, -0.15) is 5.26 Å². The van der Waals surface area contributed by atoms with Crippen LogP contribution in [0.3, 0.4) is 0 Å². The first-order valence-corrected chi connectivity index (χ1v) is 10.3. The lowest BCUT2D eigenvalue weighted by atomic mass is 10.1. The summed E-state index contributed by atoms with van der Waals surface area (Å²) >= 11 is 0. The van der Waals surface area contributed by atoms with Crippen LogP contribution in [0, 0.1) is 11.3 Å². The van der Waals surface area contributed by atoms with Crippen LogP contribution in [0.2, 0.25) is 0 Å². The fraction of sp³-hybridized carbons (Fsp3) is 0.348. The molecule has 2 aliphatic rings. The van der Waals surface area contributed by atoms with Crippen LogP contribution >= 0.6 is 0 Å². The van der Waals surface area contributed by atoms with E-state index in [1.165, 1.54) is 0 Å². The number of esters is 1. The second-order valence-corrected chi connectivity index (χ2v) is 7.47. The zero-order valence-corrected chi connectivity index (χ0v) is 17.4. The van der Waals surface area contributed by atoms with Crippen LogP contribution in [0.4, 0.5) is 5.82 Å². The summed E-state index contributed by atoms with van der Waals surface area (Å²) in [5, 5.41) is 13.2. The Bertz CT molecular complexity index is 1090. The quantitative estimate of drug-likeness (QED) is 0.745. The highest BCUT2D eigenvalue weighted by molar-refractivity contribution is 5.85. The Hall–Kier alpha value is -3.57. The largest absolute Gasteiger partial charge is 0.460 e. The Morgan fingerprint density at radius 1 is 1.29 bits per heavy atom. The van der Waals surface area contributed by atoms with Crippen LogP contribution in [0.15, 0.2) is 53.1 Å². The van der Waals surface area contributed by atoms with Crippen molar-refractivity contribution in [2.24, 2.45) is 4.99 Å². The van der Waals surface area contributed by atoms with Gasteiger partial charge in [-0.1, -0.05) is 24.3 Å². The van der Waals surface area contributed by atoms with Gasteiger partial charge >= 0.3 is 5.97 Å². The van der Waals surface area contributed by atoms with Gasteiger partial charge in [-0.25, -0.2) is 9.97 Å². The lowest BCUT2D eigenvalue weighted by Gasteiger charge is -2.30. The average molecular weight is 416 g/mol. The maximum atomic E-state index is 12.9. The molecule has 4 rings (SSSR count). The van der Waals surface area contributed by atoms with Crippen molar-refractivity contribution in [1.29, 1.82) is 5.26 Å². The molecule has 2 atom stereocenters. The number of nitrogens with zero attached hydrogens (tertiary/aromatic N) is 5. The Balaban J connectivity index is 1.62. The predicted octanol–water partition coefficient (Wildman–Crippen LogP) is 2.15. The van der Waals surface area contributed by atoms with Gasteiger partial charge < -0.3 is 15.0 Å². The highest BCUT2D eigenvalue weighted by atomic mass is 16.5. The maximum absolute atomic E-state index is 12.9. The van der Waals surface area contributed by atoms with E-state index < -0.39 is 11.9 Å². The van der Waals surface area contributed by atoms with E-state index >= 15 is 0 Å². The van der Waals surface area contributed by atoms with E-state index in [1.807, 2.05) is 43.3 Å². The van der Waals surface area contributed by atoms with Gasteiger partial charge in [0.05, 0.1) is 23.1 Å². The van der Waals surface area contributed by atoms with Crippen molar-refractivity contribution in [3.05, 3.63) is 53.8 Å². The van der Waals surface area contributed by atoms with Gasteiger partial charge in [-0.3, -0.25) is 9.79 Å². The summed E-state index contributed by atoms with van der Waals surface area (Å²) in [6.45, 7) is 5.09. The minimum atomic E-state index is -1.16. The number of nitriles is 1. The van der Waals surface area contributed by atoms with Crippen molar-refractivity contribution in [3.63, 3.8) is 0 Å². The molecule has 1 unspecified atom stereocenters. The summed E-state index contributed by atoms with van der Waals surface area (Å²) < 4.78 is 5.49. The maximum Gasteiger partial charge on any atom is 0.330 e. The van der Waals surface area contributed by atoms with Gasteiger partial charge in [0, 0.05) is 32.4 Å². The number of aromatic nitrogens is 2. The minimum absolute atomic E-state index is 0.0657. The topological polar surface area (TPSA) is 104 Å². The number of hydrogen-bond acceptors (Lipinski definition) is 8. The van der Waals surface area contributed by atoms with Crippen molar-refractivity contribution >= 4 is 29.0 Å². The lowest BCUT2D eigenvalue weighted by molar-refractivity contribution is -0.143. The summed E-state index contributed by atoms with van der Waals surface area (Å²) in [6.07, 6.45) is 7.32. The third-order valence-electron chi connectivity index (χ3n) is 5.21. The number of carbonyl (C=O) groups is 1.